The summed E-state index contributed by atoms with van der Waals surface area (Å²) in [5.74, 6) is 0.0978. The number of ether oxygens (including phenoxy) is 1. The van der Waals surface area contributed by atoms with Crippen LogP contribution in [0.1, 0.15) is 17.0 Å². The number of methoxy groups -OCH3 is 1. The highest BCUT2D eigenvalue weighted by molar-refractivity contribution is 7.18. The molecular weight excluding hydrogens is 250 g/mol. The highest BCUT2D eigenvalue weighted by Crippen LogP contribution is 2.28. The van der Waals surface area contributed by atoms with Gasteiger partial charge >= 0.3 is 5.97 Å². The van der Waals surface area contributed by atoms with Crippen LogP contribution in [0.15, 0.2) is 12.1 Å². The van der Waals surface area contributed by atoms with Crippen LogP contribution in [0.2, 0.25) is 0 Å². The summed E-state index contributed by atoms with van der Waals surface area (Å²) < 4.78 is 8.49. The van der Waals surface area contributed by atoms with Crippen molar-refractivity contribution in [1.82, 2.24) is 0 Å². The zero-order chi connectivity index (χ0) is 13.3. The summed E-state index contributed by atoms with van der Waals surface area (Å²) in [6.07, 6.45) is 0.141. The van der Waals surface area contributed by atoms with Gasteiger partial charge in [0, 0.05) is 19.1 Å². The molecule has 0 fully saturated rings. The molecule has 0 atom stereocenters. The first-order valence-electron chi connectivity index (χ1n) is 5.72. The maximum Gasteiger partial charge on any atom is 0.309 e. The fourth-order valence-corrected chi connectivity index (χ4v) is 3.09. The van der Waals surface area contributed by atoms with Gasteiger partial charge in [-0.25, -0.2) is 0 Å². The minimum absolute atomic E-state index is 0.141. The first kappa shape index (κ1) is 12.8. The van der Waals surface area contributed by atoms with Gasteiger partial charge in [-0.15, -0.1) is 0 Å². The molecule has 0 aliphatic rings. The van der Waals surface area contributed by atoms with E-state index in [0.29, 0.717) is 6.54 Å². The highest BCUT2D eigenvalue weighted by atomic mass is 32.1. The van der Waals surface area contributed by atoms with Gasteiger partial charge in [0.25, 0.3) is 0 Å². The van der Waals surface area contributed by atoms with E-state index >= 15 is 0 Å². The molecule has 2 aromatic rings. The van der Waals surface area contributed by atoms with Crippen molar-refractivity contribution < 1.29 is 19.2 Å². The van der Waals surface area contributed by atoms with E-state index in [9.17, 15) is 4.79 Å². The van der Waals surface area contributed by atoms with E-state index in [1.807, 2.05) is 19.9 Å². The molecule has 1 N–H and O–H groups in total. The Bertz CT molecular complexity index is 604. The van der Waals surface area contributed by atoms with Gasteiger partial charge < -0.3 is 9.84 Å². The molecule has 0 unspecified atom stereocenters. The Labute approximate surface area is 109 Å². The van der Waals surface area contributed by atoms with Crippen LogP contribution in [0.25, 0.3) is 10.2 Å². The fraction of sp³-hybridized carbons (Fsp3) is 0.385. The Balaban J connectivity index is 2.50. The van der Waals surface area contributed by atoms with Gasteiger partial charge in [0.05, 0.1) is 7.11 Å². The predicted molar refractivity (Wildman–Crippen MR) is 70.3 cm³/mol. The number of carbonyl (C=O) groups is 1. The number of aromatic nitrogens is 1. The normalized spacial score (nSPS) is 10.8. The molecule has 1 aromatic heterocycles. The average Bonchev–Trinajstić information content (AvgIpc) is 2.60. The third-order valence-corrected chi connectivity index (χ3v) is 4.02. The second-order valence-electron chi connectivity index (χ2n) is 4.21. The molecule has 0 saturated heterocycles. The van der Waals surface area contributed by atoms with Crippen LogP contribution in [0.4, 0.5) is 0 Å². The number of aliphatic carboxylic acids is 1. The molecular formula is C13H16NO3S+. The van der Waals surface area contributed by atoms with Crippen molar-refractivity contribution in [2.75, 3.05) is 7.11 Å². The van der Waals surface area contributed by atoms with Crippen molar-refractivity contribution in [3.05, 3.63) is 22.7 Å². The molecule has 5 heteroatoms. The summed E-state index contributed by atoms with van der Waals surface area (Å²) in [6, 6.07) is 4.07. The lowest BCUT2D eigenvalue weighted by Crippen LogP contribution is -2.36. The number of hydrogen-bond acceptors (Lipinski definition) is 3. The van der Waals surface area contributed by atoms with E-state index < -0.39 is 5.97 Å². The number of aryl methyl sites for hydroxylation is 3. The molecule has 0 saturated carbocycles. The molecule has 1 aromatic carbocycles. The molecule has 0 aliphatic carbocycles. The number of carboxylic acids is 1. The Morgan fingerprint density at radius 3 is 2.78 bits per heavy atom. The molecule has 2 rings (SSSR count). The Morgan fingerprint density at radius 2 is 2.17 bits per heavy atom. The van der Waals surface area contributed by atoms with Gasteiger partial charge in [-0.1, -0.05) is 11.3 Å². The van der Waals surface area contributed by atoms with Crippen molar-refractivity contribution in [3.8, 4) is 5.75 Å². The lowest BCUT2D eigenvalue weighted by molar-refractivity contribution is -0.671. The molecule has 0 aliphatic heterocycles. The summed E-state index contributed by atoms with van der Waals surface area (Å²) in [5.41, 5.74) is 2.14. The molecule has 0 bridgehead atoms. The maximum absolute atomic E-state index is 10.7. The summed E-state index contributed by atoms with van der Waals surface area (Å²) >= 11 is 1.66. The lowest BCUT2D eigenvalue weighted by atomic mass is 10.2. The zero-order valence-electron chi connectivity index (χ0n) is 10.7. The van der Waals surface area contributed by atoms with Crippen LogP contribution in [0.5, 0.6) is 5.75 Å². The monoisotopic (exact) mass is 266 g/mol. The van der Waals surface area contributed by atoms with E-state index in [0.717, 1.165) is 26.5 Å². The molecule has 0 radical (unpaired) electrons. The van der Waals surface area contributed by atoms with Gasteiger partial charge in [-0.3, -0.25) is 4.79 Å². The summed E-state index contributed by atoms with van der Waals surface area (Å²) in [5, 5.41) is 9.89. The number of carboxylic acid groups (broad SMARTS) is 1. The highest BCUT2D eigenvalue weighted by Gasteiger charge is 2.19. The van der Waals surface area contributed by atoms with Crippen molar-refractivity contribution >= 4 is 27.5 Å². The maximum atomic E-state index is 10.7. The smallest absolute Gasteiger partial charge is 0.309 e. The van der Waals surface area contributed by atoms with Crippen LogP contribution in [-0.2, 0) is 11.3 Å². The second kappa shape index (κ2) is 4.94. The van der Waals surface area contributed by atoms with E-state index in [4.69, 9.17) is 9.84 Å². The van der Waals surface area contributed by atoms with Gasteiger partial charge in [0.15, 0.2) is 6.54 Å². The van der Waals surface area contributed by atoms with Gasteiger partial charge in [0.1, 0.15) is 16.9 Å². The largest absolute Gasteiger partial charge is 0.496 e. The Kier molecular flexibility index (Phi) is 3.52. The summed E-state index contributed by atoms with van der Waals surface area (Å²) in [4.78, 5) is 10.7. The van der Waals surface area contributed by atoms with Gasteiger partial charge in [-0.2, -0.15) is 4.57 Å². The van der Waals surface area contributed by atoms with Crippen molar-refractivity contribution in [3.63, 3.8) is 0 Å². The number of nitrogens with zero attached hydrogens (tertiary/aromatic N) is 1. The minimum Gasteiger partial charge on any atom is -0.496 e. The summed E-state index contributed by atoms with van der Waals surface area (Å²) in [6.45, 7) is 4.51. The molecule has 4 nitrogen and oxygen atoms in total. The number of thiazole rings is 1. The number of benzene rings is 1. The predicted octanol–water partition coefficient (Wildman–Crippen LogP) is 2.29. The number of hydrogen-bond donors (Lipinski definition) is 1. The van der Waals surface area contributed by atoms with E-state index in [1.54, 1.807) is 18.4 Å². The van der Waals surface area contributed by atoms with E-state index in [2.05, 4.69) is 10.6 Å². The first-order chi connectivity index (χ1) is 8.52. The van der Waals surface area contributed by atoms with Crippen LogP contribution >= 0.6 is 11.3 Å². The molecule has 96 valence electrons. The third-order valence-electron chi connectivity index (χ3n) is 2.95. The van der Waals surface area contributed by atoms with E-state index in [-0.39, 0.29) is 6.42 Å². The van der Waals surface area contributed by atoms with Crippen molar-refractivity contribution in [2.45, 2.75) is 26.8 Å². The van der Waals surface area contributed by atoms with Gasteiger partial charge in [-0.05, 0) is 12.5 Å². The summed E-state index contributed by atoms with van der Waals surface area (Å²) in [7, 11) is 1.66. The van der Waals surface area contributed by atoms with Crippen molar-refractivity contribution in [2.24, 2.45) is 0 Å². The molecule has 0 spiro atoms. The number of fused-ring (bicyclic) bond motifs is 1. The average molecular weight is 266 g/mol. The van der Waals surface area contributed by atoms with Gasteiger partial charge in [0.2, 0.25) is 10.5 Å². The SMILES string of the molecule is COc1cc2sc(C)[n+](CCC(=O)O)c2cc1C. The Morgan fingerprint density at radius 1 is 1.44 bits per heavy atom. The first-order valence-corrected chi connectivity index (χ1v) is 6.54. The second-order valence-corrected chi connectivity index (χ2v) is 5.44. The van der Waals surface area contributed by atoms with Crippen LogP contribution in [-0.4, -0.2) is 18.2 Å². The van der Waals surface area contributed by atoms with Crippen LogP contribution < -0.4 is 9.30 Å². The standard InChI is InChI=1S/C13H15NO3S/c1-8-6-10-12(7-11(8)17-3)18-9(2)14(10)5-4-13(15)16/h6-7H,4-5H2,1-3H3/p+1. The molecule has 18 heavy (non-hydrogen) atoms. The zero-order valence-corrected chi connectivity index (χ0v) is 11.5. The van der Waals surface area contributed by atoms with Crippen LogP contribution in [0.3, 0.4) is 0 Å². The fourth-order valence-electron chi connectivity index (χ4n) is 2.04. The lowest BCUT2D eigenvalue weighted by Gasteiger charge is -2.02. The van der Waals surface area contributed by atoms with Crippen molar-refractivity contribution in [1.29, 1.82) is 0 Å². The van der Waals surface area contributed by atoms with Crippen LogP contribution in [0, 0.1) is 13.8 Å². The number of rotatable bonds is 4. The molecule has 0 amide bonds. The molecule has 1 heterocycles. The quantitative estimate of drug-likeness (QED) is 0.864. The van der Waals surface area contributed by atoms with E-state index in [1.165, 1.54) is 0 Å². The Hall–Kier alpha value is -1.62. The third kappa shape index (κ3) is 2.31. The minimum atomic E-state index is -0.772. The topological polar surface area (TPSA) is 50.4 Å².